The summed E-state index contributed by atoms with van der Waals surface area (Å²) in [6, 6.07) is 11.2. The van der Waals surface area contributed by atoms with E-state index < -0.39 is 0 Å². The lowest BCUT2D eigenvalue weighted by Crippen LogP contribution is -2.42. The van der Waals surface area contributed by atoms with Crippen molar-refractivity contribution in [2.45, 2.75) is 51.4 Å². The van der Waals surface area contributed by atoms with Crippen molar-refractivity contribution in [1.29, 1.82) is 0 Å². The molecule has 2 aromatic rings. The lowest BCUT2D eigenvalue weighted by Gasteiger charge is -2.49. The van der Waals surface area contributed by atoms with Gasteiger partial charge in [0.25, 0.3) is 0 Å². The Kier molecular flexibility index (Phi) is 4.99. The largest absolute Gasteiger partial charge is 0.508 e. The molecule has 5 heteroatoms. The minimum absolute atomic E-state index is 0.123. The van der Waals surface area contributed by atoms with E-state index in [1.165, 1.54) is 36.1 Å². The van der Waals surface area contributed by atoms with Gasteiger partial charge in [-0.3, -0.25) is 0 Å². The van der Waals surface area contributed by atoms with Crippen molar-refractivity contribution in [2.24, 2.45) is 27.5 Å². The molecule has 0 radical (unpaired) electrons. The van der Waals surface area contributed by atoms with Crippen LogP contribution in [0.1, 0.15) is 61.6 Å². The Hall–Kier alpha value is -2.82. The third-order valence-electron chi connectivity index (χ3n) is 8.04. The van der Waals surface area contributed by atoms with Gasteiger partial charge in [-0.1, -0.05) is 13.0 Å². The summed E-state index contributed by atoms with van der Waals surface area (Å²) >= 11 is 0. The highest BCUT2D eigenvalue weighted by Gasteiger charge is 2.53. The van der Waals surface area contributed by atoms with Crippen LogP contribution >= 0.6 is 0 Å². The minimum Gasteiger partial charge on any atom is -0.508 e. The van der Waals surface area contributed by atoms with Crippen molar-refractivity contribution in [3.8, 4) is 17.2 Å². The molecule has 0 saturated heterocycles. The molecular formula is C26H30N2O3. The summed E-state index contributed by atoms with van der Waals surface area (Å²) in [6.07, 6.45) is 8.51. The molecule has 3 aliphatic rings. The van der Waals surface area contributed by atoms with Gasteiger partial charge in [0.15, 0.2) is 11.5 Å². The van der Waals surface area contributed by atoms with Crippen LogP contribution in [0.4, 0.5) is 0 Å². The second-order valence-electron chi connectivity index (χ2n) is 9.52. The molecule has 2 saturated carbocycles. The number of aryl methyl sites for hydroxylation is 1. The van der Waals surface area contributed by atoms with E-state index in [2.05, 4.69) is 18.1 Å². The van der Waals surface area contributed by atoms with Crippen molar-refractivity contribution in [2.75, 3.05) is 7.11 Å². The number of benzene rings is 2. The number of aromatic hydroxyl groups is 2. The maximum atomic E-state index is 9.87. The smallest absolute Gasteiger partial charge is 0.161 e. The third-order valence-corrected chi connectivity index (χ3v) is 8.04. The average molecular weight is 419 g/mol. The predicted octanol–water partition coefficient (Wildman–Crippen LogP) is 5.44. The average Bonchev–Trinajstić information content (AvgIpc) is 3.11. The molecule has 4 atom stereocenters. The number of hydrogen-bond acceptors (Lipinski definition) is 5. The molecule has 5 rings (SSSR count). The van der Waals surface area contributed by atoms with Crippen molar-refractivity contribution < 1.29 is 14.9 Å². The van der Waals surface area contributed by atoms with Gasteiger partial charge in [-0.05, 0) is 103 Å². The van der Waals surface area contributed by atoms with E-state index in [0.717, 1.165) is 24.8 Å². The number of hydrogen-bond donors (Lipinski definition) is 2. The highest BCUT2D eigenvalue weighted by Crippen LogP contribution is 2.60. The molecule has 5 nitrogen and oxygen atoms in total. The van der Waals surface area contributed by atoms with Gasteiger partial charge in [0, 0.05) is 11.1 Å². The first-order chi connectivity index (χ1) is 15.0. The SMILES string of the molecule is COc1cc(/C=N/N=C2\CCC3C4CCc5cc(O)ccc5C4CCC23C)ccc1O. The van der Waals surface area contributed by atoms with Crippen LogP contribution < -0.4 is 4.74 Å². The minimum atomic E-state index is 0.123. The second kappa shape index (κ2) is 7.70. The van der Waals surface area contributed by atoms with Crippen molar-refractivity contribution >= 4 is 11.9 Å². The lowest BCUT2D eigenvalue weighted by molar-refractivity contribution is 0.0955. The molecule has 3 aliphatic carbocycles. The topological polar surface area (TPSA) is 74.4 Å². The molecule has 0 heterocycles. The normalized spacial score (nSPS) is 30.8. The van der Waals surface area contributed by atoms with Crippen LogP contribution in [0.2, 0.25) is 0 Å². The number of ether oxygens (including phenoxy) is 1. The lowest BCUT2D eigenvalue weighted by atomic mass is 9.55. The molecule has 0 spiro atoms. The molecule has 2 aromatic carbocycles. The standard InChI is InChI=1S/C26H30N2O3/c1-26-12-11-20-19-7-5-18(29)14-17(19)4-6-21(20)22(26)8-10-25(26)28-27-15-16-3-9-23(30)24(13-16)31-2/h3,5,7,9,13-15,20-22,29-30H,4,6,8,10-12H2,1-2H3/b27-15+,28-25+. The van der Waals surface area contributed by atoms with Crippen LogP contribution in [-0.2, 0) is 6.42 Å². The summed E-state index contributed by atoms with van der Waals surface area (Å²) in [5, 5.41) is 28.7. The summed E-state index contributed by atoms with van der Waals surface area (Å²) in [5.74, 6) is 2.89. The van der Waals surface area contributed by atoms with Gasteiger partial charge in [-0.15, -0.1) is 0 Å². The molecule has 0 bridgehead atoms. The zero-order valence-electron chi connectivity index (χ0n) is 18.2. The van der Waals surface area contributed by atoms with Crippen LogP contribution in [0.3, 0.4) is 0 Å². The van der Waals surface area contributed by atoms with Crippen LogP contribution in [0.5, 0.6) is 17.2 Å². The second-order valence-corrected chi connectivity index (χ2v) is 9.52. The highest BCUT2D eigenvalue weighted by atomic mass is 16.5. The van der Waals surface area contributed by atoms with Crippen molar-refractivity contribution in [1.82, 2.24) is 0 Å². The Morgan fingerprint density at radius 2 is 1.94 bits per heavy atom. The number of rotatable bonds is 3. The first-order valence-corrected chi connectivity index (χ1v) is 11.3. The number of phenolic OH excluding ortho intramolecular Hbond substituents is 2. The Morgan fingerprint density at radius 3 is 2.77 bits per heavy atom. The van der Waals surface area contributed by atoms with Gasteiger partial charge in [0.05, 0.1) is 13.3 Å². The Labute approximate surface area is 183 Å². The van der Waals surface area contributed by atoms with Gasteiger partial charge < -0.3 is 14.9 Å². The summed E-state index contributed by atoms with van der Waals surface area (Å²) in [4.78, 5) is 0. The first-order valence-electron chi connectivity index (χ1n) is 11.3. The van der Waals surface area contributed by atoms with Crippen LogP contribution in [0, 0.1) is 17.3 Å². The van der Waals surface area contributed by atoms with Gasteiger partial charge in [-0.25, -0.2) is 0 Å². The van der Waals surface area contributed by atoms with Gasteiger partial charge >= 0.3 is 0 Å². The van der Waals surface area contributed by atoms with E-state index in [-0.39, 0.29) is 11.2 Å². The third kappa shape index (κ3) is 3.40. The van der Waals surface area contributed by atoms with E-state index in [9.17, 15) is 10.2 Å². The highest BCUT2D eigenvalue weighted by molar-refractivity contribution is 5.93. The molecule has 0 aromatic heterocycles. The van der Waals surface area contributed by atoms with Crippen LogP contribution in [-0.4, -0.2) is 29.2 Å². The molecule has 2 N–H and O–H groups in total. The number of methoxy groups -OCH3 is 1. The maximum absolute atomic E-state index is 9.87. The molecular weight excluding hydrogens is 388 g/mol. The van der Waals surface area contributed by atoms with E-state index in [1.807, 2.05) is 18.2 Å². The van der Waals surface area contributed by atoms with Crippen LogP contribution in [0.15, 0.2) is 46.6 Å². The van der Waals surface area contributed by atoms with E-state index in [4.69, 9.17) is 9.84 Å². The summed E-state index contributed by atoms with van der Waals surface area (Å²) < 4.78 is 5.17. The van der Waals surface area contributed by atoms with Gasteiger partial charge in [-0.2, -0.15) is 10.2 Å². The fraction of sp³-hybridized carbons (Fsp3) is 0.462. The summed E-state index contributed by atoms with van der Waals surface area (Å²) in [7, 11) is 1.54. The molecule has 162 valence electrons. The fourth-order valence-electron chi connectivity index (χ4n) is 6.46. The Balaban J connectivity index is 1.36. The van der Waals surface area contributed by atoms with E-state index in [1.54, 1.807) is 25.5 Å². The quantitative estimate of drug-likeness (QED) is 0.515. The van der Waals surface area contributed by atoms with E-state index in [0.29, 0.717) is 29.3 Å². The molecule has 0 aliphatic heterocycles. The molecule has 4 unspecified atom stereocenters. The van der Waals surface area contributed by atoms with Crippen molar-refractivity contribution in [3.05, 3.63) is 53.1 Å². The van der Waals surface area contributed by atoms with Gasteiger partial charge in [0.1, 0.15) is 5.75 Å². The molecule has 31 heavy (non-hydrogen) atoms. The summed E-state index contributed by atoms with van der Waals surface area (Å²) in [6.45, 7) is 2.39. The Morgan fingerprint density at radius 1 is 1.06 bits per heavy atom. The fourth-order valence-corrected chi connectivity index (χ4v) is 6.46. The monoisotopic (exact) mass is 418 g/mol. The number of fused-ring (bicyclic) bond motifs is 5. The number of phenols is 2. The summed E-state index contributed by atoms with van der Waals surface area (Å²) in [5.41, 5.74) is 5.01. The zero-order chi connectivity index (χ0) is 21.6. The van der Waals surface area contributed by atoms with Crippen LogP contribution in [0.25, 0.3) is 0 Å². The molecule has 0 amide bonds. The Bertz CT molecular complexity index is 1060. The zero-order valence-corrected chi connectivity index (χ0v) is 18.2. The number of nitrogens with zero attached hydrogens (tertiary/aromatic N) is 2. The first kappa shape index (κ1) is 20.1. The van der Waals surface area contributed by atoms with E-state index >= 15 is 0 Å². The van der Waals surface area contributed by atoms with Crippen molar-refractivity contribution in [3.63, 3.8) is 0 Å². The predicted molar refractivity (Wildman–Crippen MR) is 122 cm³/mol. The maximum Gasteiger partial charge on any atom is 0.161 e. The van der Waals surface area contributed by atoms with Gasteiger partial charge in [0.2, 0.25) is 0 Å². The molecule has 2 fully saturated rings.